The molecule has 0 aliphatic rings. The third kappa shape index (κ3) is 4.53. The lowest BCUT2D eigenvalue weighted by Gasteiger charge is -2.11. The van der Waals surface area contributed by atoms with E-state index in [0.29, 0.717) is 0 Å². The summed E-state index contributed by atoms with van der Waals surface area (Å²) in [7, 11) is -2.25. The van der Waals surface area contributed by atoms with Crippen molar-refractivity contribution in [2.45, 2.75) is 18.3 Å². The zero-order chi connectivity index (χ0) is 11.2. The van der Waals surface area contributed by atoms with Crippen LogP contribution in [0.2, 0.25) is 0 Å². The minimum atomic E-state index is -3.65. The molecular formula is C7H14N2O4S. The Bertz CT molecular complexity index is 295. The quantitative estimate of drug-likeness (QED) is 0.589. The molecule has 0 aliphatic carbocycles. The fraction of sp³-hybridized carbons (Fsp3) is 0.857. The van der Waals surface area contributed by atoms with Crippen molar-refractivity contribution in [3.05, 3.63) is 0 Å². The van der Waals surface area contributed by atoms with E-state index in [2.05, 4.69) is 9.46 Å². The van der Waals surface area contributed by atoms with Gasteiger partial charge in [0.1, 0.15) is 0 Å². The Kier molecular flexibility index (Phi) is 5.64. The zero-order valence-electron chi connectivity index (χ0n) is 8.10. The van der Waals surface area contributed by atoms with Crippen molar-refractivity contribution in [1.82, 2.24) is 4.72 Å². The number of nitriles is 1. The minimum Gasteiger partial charge on any atom is -0.389 e. The number of rotatable bonds is 6. The summed E-state index contributed by atoms with van der Waals surface area (Å²) >= 11 is 0. The highest BCUT2D eigenvalue weighted by Crippen LogP contribution is 1.96. The van der Waals surface area contributed by atoms with Crippen molar-refractivity contribution in [3.8, 4) is 6.07 Å². The van der Waals surface area contributed by atoms with Gasteiger partial charge in [0.05, 0.1) is 18.8 Å². The molecule has 0 amide bonds. The molecule has 0 radical (unpaired) electrons. The molecule has 0 saturated carbocycles. The zero-order valence-corrected chi connectivity index (χ0v) is 8.91. The van der Waals surface area contributed by atoms with Crippen molar-refractivity contribution in [2.75, 3.05) is 20.3 Å². The standard InChI is InChI=1S/C7H14N2O4S/c1-6(3-8)14(11,12)9-4-7(10)5-13-2/h6-7,9-10H,4-5H2,1-2H3. The van der Waals surface area contributed by atoms with E-state index < -0.39 is 21.4 Å². The van der Waals surface area contributed by atoms with Crippen LogP contribution in [-0.2, 0) is 14.8 Å². The maximum Gasteiger partial charge on any atom is 0.227 e. The van der Waals surface area contributed by atoms with Crippen molar-refractivity contribution in [1.29, 1.82) is 5.26 Å². The molecule has 0 aliphatic heterocycles. The van der Waals surface area contributed by atoms with Crippen LogP contribution < -0.4 is 4.72 Å². The summed E-state index contributed by atoms with van der Waals surface area (Å²) < 4.78 is 29.1. The Balaban J connectivity index is 4.08. The molecule has 0 aromatic carbocycles. The molecule has 14 heavy (non-hydrogen) atoms. The molecule has 0 aromatic rings. The fourth-order valence-electron chi connectivity index (χ4n) is 0.658. The van der Waals surface area contributed by atoms with E-state index in [4.69, 9.17) is 10.4 Å². The van der Waals surface area contributed by atoms with E-state index in [1.165, 1.54) is 14.0 Å². The summed E-state index contributed by atoms with van der Waals surface area (Å²) in [6.07, 6.45) is -0.902. The molecule has 0 fully saturated rings. The first-order valence-electron chi connectivity index (χ1n) is 3.99. The van der Waals surface area contributed by atoms with Gasteiger partial charge in [0.25, 0.3) is 0 Å². The van der Waals surface area contributed by atoms with E-state index in [-0.39, 0.29) is 13.2 Å². The lowest BCUT2D eigenvalue weighted by atomic mass is 10.4. The molecule has 2 N–H and O–H groups in total. The van der Waals surface area contributed by atoms with Gasteiger partial charge in [0.2, 0.25) is 10.0 Å². The van der Waals surface area contributed by atoms with Crippen molar-refractivity contribution < 1.29 is 18.3 Å². The number of nitrogens with one attached hydrogen (secondary N) is 1. The third-order valence-corrected chi connectivity index (χ3v) is 3.13. The fourth-order valence-corrected chi connectivity index (χ4v) is 1.47. The Labute approximate surface area is 83.5 Å². The third-order valence-electron chi connectivity index (χ3n) is 1.53. The summed E-state index contributed by atoms with van der Waals surface area (Å²) in [5, 5.41) is 16.4. The minimum absolute atomic E-state index is 0.0451. The highest BCUT2D eigenvalue weighted by atomic mass is 32.2. The average molecular weight is 222 g/mol. The van der Waals surface area contributed by atoms with Crippen LogP contribution >= 0.6 is 0 Å². The first-order chi connectivity index (χ1) is 6.44. The average Bonchev–Trinajstić information content (AvgIpc) is 2.14. The maximum atomic E-state index is 11.2. The Morgan fingerprint density at radius 2 is 2.21 bits per heavy atom. The number of sulfonamides is 1. The molecule has 0 bridgehead atoms. The molecule has 0 heterocycles. The van der Waals surface area contributed by atoms with E-state index >= 15 is 0 Å². The van der Waals surface area contributed by atoms with E-state index in [1.54, 1.807) is 6.07 Å². The number of hydrogen-bond acceptors (Lipinski definition) is 5. The van der Waals surface area contributed by atoms with Gasteiger partial charge >= 0.3 is 0 Å². The highest BCUT2D eigenvalue weighted by Gasteiger charge is 2.20. The smallest absolute Gasteiger partial charge is 0.227 e. The summed E-state index contributed by atoms with van der Waals surface area (Å²) in [4.78, 5) is 0. The molecule has 0 rings (SSSR count). The van der Waals surface area contributed by atoms with E-state index in [0.717, 1.165) is 0 Å². The molecule has 0 aromatic heterocycles. The van der Waals surface area contributed by atoms with Gasteiger partial charge in [-0.3, -0.25) is 0 Å². The van der Waals surface area contributed by atoms with Crippen LogP contribution in [0.4, 0.5) is 0 Å². The van der Waals surface area contributed by atoms with Crippen LogP contribution in [0.1, 0.15) is 6.92 Å². The number of aliphatic hydroxyl groups is 1. The molecular weight excluding hydrogens is 208 g/mol. The second-order valence-corrected chi connectivity index (χ2v) is 4.86. The lowest BCUT2D eigenvalue weighted by Crippen LogP contribution is -2.38. The van der Waals surface area contributed by atoms with Gasteiger partial charge < -0.3 is 9.84 Å². The first-order valence-corrected chi connectivity index (χ1v) is 5.53. The molecule has 7 heteroatoms. The normalized spacial score (nSPS) is 15.9. The Morgan fingerprint density at radius 3 is 2.64 bits per heavy atom. The number of methoxy groups -OCH3 is 1. The first kappa shape index (κ1) is 13.3. The Morgan fingerprint density at radius 1 is 1.64 bits per heavy atom. The van der Waals surface area contributed by atoms with Gasteiger partial charge in [-0.25, -0.2) is 13.1 Å². The lowest BCUT2D eigenvalue weighted by molar-refractivity contribution is 0.0679. The Hall–Kier alpha value is -0.680. The van der Waals surface area contributed by atoms with Crippen molar-refractivity contribution >= 4 is 10.0 Å². The van der Waals surface area contributed by atoms with Gasteiger partial charge in [-0.05, 0) is 6.92 Å². The summed E-state index contributed by atoms with van der Waals surface area (Å²) in [6, 6.07) is 1.60. The van der Waals surface area contributed by atoms with Gasteiger partial charge in [-0.15, -0.1) is 0 Å². The largest absolute Gasteiger partial charge is 0.389 e. The SMILES string of the molecule is COCC(O)CNS(=O)(=O)C(C)C#N. The number of nitrogens with zero attached hydrogens (tertiary/aromatic N) is 1. The second-order valence-electron chi connectivity index (χ2n) is 2.77. The molecule has 6 nitrogen and oxygen atoms in total. The summed E-state index contributed by atoms with van der Waals surface area (Å²) in [5.74, 6) is 0. The van der Waals surface area contributed by atoms with Gasteiger partial charge in [-0.1, -0.05) is 0 Å². The number of hydrogen-bond donors (Lipinski definition) is 2. The molecule has 2 atom stereocenters. The predicted octanol–water partition coefficient (Wildman–Crippen LogP) is -1.17. The van der Waals surface area contributed by atoms with Crippen molar-refractivity contribution in [2.24, 2.45) is 0 Å². The highest BCUT2D eigenvalue weighted by molar-refractivity contribution is 7.90. The van der Waals surface area contributed by atoms with Gasteiger partial charge in [0, 0.05) is 13.7 Å². The van der Waals surface area contributed by atoms with Crippen molar-refractivity contribution in [3.63, 3.8) is 0 Å². The van der Waals surface area contributed by atoms with Crippen LogP contribution in [0, 0.1) is 11.3 Å². The number of aliphatic hydroxyl groups excluding tert-OH is 1. The van der Waals surface area contributed by atoms with Gasteiger partial charge in [-0.2, -0.15) is 5.26 Å². The van der Waals surface area contributed by atoms with Crippen LogP contribution in [0.15, 0.2) is 0 Å². The van der Waals surface area contributed by atoms with E-state index in [1.807, 2.05) is 0 Å². The molecule has 0 saturated heterocycles. The van der Waals surface area contributed by atoms with Crippen LogP contribution in [0.25, 0.3) is 0 Å². The van der Waals surface area contributed by atoms with Crippen LogP contribution in [0.3, 0.4) is 0 Å². The molecule has 82 valence electrons. The number of ether oxygens (including phenoxy) is 1. The second kappa shape index (κ2) is 5.93. The van der Waals surface area contributed by atoms with E-state index in [9.17, 15) is 8.42 Å². The maximum absolute atomic E-state index is 11.2. The predicted molar refractivity (Wildman–Crippen MR) is 49.9 cm³/mol. The summed E-state index contributed by atoms with van der Waals surface area (Å²) in [5.41, 5.74) is 0. The van der Waals surface area contributed by atoms with Crippen LogP contribution in [0.5, 0.6) is 0 Å². The summed E-state index contributed by atoms with van der Waals surface area (Å²) in [6.45, 7) is 1.16. The van der Waals surface area contributed by atoms with Gasteiger partial charge in [0.15, 0.2) is 5.25 Å². The topological polar surface area (TPSA) is 99.4 Å². The monoisotopic (exact) mass is 222 g/mol. The van der Waals surface area contributed by atoms with Crippen LogP contribution in [-0.4, -0.2) is 45.1 Å². The molecule has 0 spiro atoms. The molecule has 2 unspecified atom stereocenters.